The molecule has 1 aliphatic heterocycles. The average molecular weight is 228 g/mol. The number of nitrogens with one attached hydrogen (secondary N) is 1. The lowest BCUT2D eigenvalue weighted by molar-refractivity contribution is 0.449. The zero-order valence-corrected chi connectivity index (χ0v) is 9.52. The van der Waals surface area contributed by atoms with Crippen molar-refractivity contribution in [2.24, 2.45) is 5.92 Å². The summed E-state index contributed by atoms with van der Waals surface area (Å²) in [6.07, 6.45) is 2.34. The Kier molecular flexibility index (Phi) is 3.27. The van der Waals surface area contributed by atoms with Crippen molar-refractivity contribution in [1.29, 1.82) is 0 Å². The van der Waals surface area contributed by atoms with Gasteiger partial charge in [0.1, 0.15) is 5.82 Å². The fourth-order valence-corrected chi connectivity index (χ4v) is 2.48. The van der Waals surface area contributed by atoms with Crippen molar-refractivity contribution in [3.05, 3.63) is 34.6 Å². The maximum atomic E-state index is 13.0. The molecule has 1 nitrogen and oxygen atoms in total. The van der Waals surface area contributed by atoms with Crippen LogP contribution >= 0.6 is 11.6 Å². The number of benzene rings is 1. The Balaban J connectivity index is 2.25. The van der Waals surface area contributed by atoms with E-state index in [1.807, 2.05) is 6.07 Å². The maximum Gasteiger partial charge on any atom is 0.141 e. The third-order valence-corrected chi connectivity index (χ3v) is 3.47. The Labute approximate surface area is 94.6 Å². The lowest BCUT2D eigenvalue weighted by Gasteiger charge is -2.18. The maximum absolute atomic E-state index is 13.0. The Morgan fingerprint density at radius 2 is 2.33 bits per heavy atom. The molecule has 2 atom stereocenters. The third kappa shape index (κ3) is 2.16. The van der Waals surface area contributed by atoms with Crippen molar-refractivity contribution in [1.82, 2.24) is 5.32 Å². The van der Waals surface area contributed by atoms with Crippen LogP contribution in [0.2, 0.25) is 5.02 Å². The Morgan fingerprint density at radius 1 is 1.53 bits per heavy atom. The van der Waals surface area contributed by atoms with Gasteiger partial charge in [-0.25, -0.2) is 4.39 Å². The van der Waals surface area contributed by atoms with Gasteiger partial charge in [0.25, 0.3) is 0 Å². The van der Waals surface area contributed by atoms with Gasteiger partial charge in [0.2, 0.25) is 0 Å². The first kappa shape index (κ1) is 10.9. The molecule has 1 saturated heterocycles. The molecule has 1 fully saturated rings. The van der Waals surface area contributed by atoms with E-state index in [2.05, 4.69) is 12.2 Å². The molecule has 0 saturated carbocycles. The van der Waals surface area contributed by atoms with Crippen LogP contribution in [0.3, 0.4) is 0 Å². The van der Waals surface area contributed by atoms with E-state index in [1.54, 1.807) is 6.07 Å². The minimum absolute atomic E-state index is 0.219. The van der Waals surface area contributed by atoms with Crippen LogP contribution in [0.25, 0.3) is 0 Å². The number of hydrogen-bond acceptors (Lipinski definition) is 1. The molecular weight excluding hydrogens is 213 g/mol. The molecule has 0 radical (unpaired) electrons. The summed E-state index contributed by atoms with van der Waals surface area (Å²) >= 11 is 5.78. The van der Waals surface area contributed by atoms with Crippen LogP contribution in [0, 0.1) is 11.7 Å². The second kappa shape index (κ2) is 4.50. The van der Waals surface area contributed by atoms with Crippen molar-refractivity contribution < 1.29 is 4.39 Å². The predicted molar refractivity (Wildman–Crippen MR) is 60.6 cm³/mol. The SMILES string of the molecule is CCC1CCNC1c1ccc(F)c(Cl)c1. The molecule has 1 aromatic rings. The van der Waals surface area contributed by atoms with E-state index in [4.69, 9.17) is 11.6 Å². The fourth-order valence-electron chi connectivity index (χ4n) is 2.29. The molecular formula is C12H15ClFN. The quantitative estimate of drug-likeness (QED) is 0.815. The van der Waals surface area contributed by atoms with Gasteiger partial charge in [0.15, 0.2) is 0 Å². The van der Waals surface area contributed by atoms with E-state index in [9.17, 15) is 4.39 Å². The molecule has 1 aliphatic rings. The monoisotopic (exact) mass is 227 g/mol. The van der Waals surface area contributed by atoms with E-state index in [1.165, 1.54) is 12.5 Å². The standard InChI is InChI=1S/C12H15ClFN/c1-2-8-5-6-15-12(8)9-3-4-11(14)10(13)7-9/h3-4,7-8,12,15H,2,5-6H2,1H3. The fraction of sp³-hybridized carbons (Fsp3) is 0.500. The van der Waals surface area contributed by atoms with Crippen LogP contribution in [0.15, 0.2) is 18.2 Å². The van der Waals surface area contributed by atoms with E-state index >= 15 is 0 Å². The molecule has 2 unspecified atom stereocenters. The minimum atomic E-state index is -0.341. The molecule has 1 aromatic carbocycles. The minimum Gasteiger partial charge on any atom is -0.310 e. The molecule has 1 heterocycles. The largest absolute Gasteiger partial charge is 0.310 e. The number of rotatable bonds is 2. The summed E-state index contributed by atoms with van der Waals surface area (Å²) < 4.78 is 13.0. The Morgan fingerprint density at radius 3 is 3.00 bits per heavy atom. The summed E-state index contributed by atoms with van der Waals surface area (Å²) in [5.74, 6) is 0.304. The normalized spacial score (nSPS) is 25.8. The van der Waals surface area contributed by atoms with Crippen molar-refractivity contribution in [3.63, 3.8) is 0 Å². The third-order valence-electron chi connectivity index (χ3n) is 3.18. The summed E-state index contributed by atoms with van der Waals surface area (Å²) in [7, 11) is 0. The second-order valence-electron chi connectivity index (χ2n) is 4.06. The lowest BCUT2D eigenvalue weighted by atomic mass is 9.92. The van der Waals surface area contributed by atoms with Crippen LogP contribution in [-0.4, -0.2) is 6.54 Å². The molecule has 82 valence electrons. The van der Waals surface area contributed by atoms with Crippen LogP contribution in [0.4, 0.5) is 4.39 Å². The highest BCUT2D eigenvalue weighted by atomic mass is 35.5. The molecule has 1 N–H and O–H groups in total. The van der Waals surface area contributed by atoms with Gasteiger partial charge in [-0.05, 0) is 36.6 Å². The molecule has 15 heavy (non-hydrogen) atoms. The summed E-state index contributed by atoms with van der Waals surface area (Å²) in [6.45, 7) is 3.23. The number of hydrogen-bond donors (Lipinski definition) is 1. The van der Waals surface area contributed by atoms with Crippen molar-refractivity contribution in [2.75, 3.05) is 6.54 Å². The highest BCUT2D eigenvalue weighted by molar-refractivity contribution is 6.30. The Bertz CT molecular complexity index is 353. The Hall–Kier alpha value is -0.600. The first-order chi connectivity index (χ1) is 7.22. The molecule has 0 spiro atoms. The smallest absolute Gasteiger partial charge is 0.141 e. The van der Waals surface area contributed by atoms with Gasteiger partial charge >= 0.3 is 0 Å². The topological polar surface area (TPSA) is 12.0 Å². The summed E-state index contributed by atoms with van der Waals surface area (Å²) in [5.41, 5.74) is 1.10. The van der Waals surface area contributed by atoms with Gasteiger partial charge < -0.3 is 5.32 Å². The van der Waals surface area contributed by atoms with E-state index < -0.39 is 0 Å². The predicted octanol–water partition coefficient (Wildman–Crippen LogP) is 3.54. The second-order valence-corrected chi connectivity index (χ2v) is 4.47. The first-order valence-corrected chi connectivity index (χ1v) is 5.78. The van der Waals surface area contributed by atoms with Gasteiger partial charge in [0, 0.05) is 6.04 Å². The summed E-state index contributed by atoms with van der Waals surface area (Å²) in [4.78, 5) is 0. The first-order valence-electron chi connectivity index (χ1n) is 5.40. The van der Waals surface area contributed by atoms with Gasteiger partial charge in [0.05, 0.1) is 5.02 Å². The molecule has 0 aromatic heterocycles. The highest BCUT2D eigenvalue weighted by Gasteiger charge is 2.26. The van der Waals surface area contributed by atoms with Crippen molar-refractivity contribution in [3.8, 4) is 0 Å². The van der Waals surface area contributed by atoms with Gasteiger partial charge in [-0.2, -0.15) is 0 Å². The molecule has 0 bridgehead atoms. The number of halogens is 2. The van der Waals surface area contributed by atoms with Crippen molar-refractivity contribution >= 4 is 11.6 Å². The highest BCUT2D eigenvalue weighted by Crippen LogP contribution is 2.33. The van der Waals surface area contributed by atoms with Crippen LogP contribution < -0.4 is 5.32 Å². The lowest BCUT2D eigenvalue weighted by Crippen LogP contribution is -2.17. The van der Waals surface area contributed by atoms with Gasteiger partial charge in [-0.15, -0.1) is 0 Å². The van der Waals surface area contributed by atoms with Crippen LogP contribution in [-0.2, 0) is 0 Å². The van der Waals surface area contributed by atoms with E-state index in [0.29, 0.717) is 12.0 Å². The van der Waals surface area contributed by atoms with Crippen LogP contribution in [0.5, 0.6) is 0 Å². The van der Waals surface area contributed by atoms with Gasteiger partial charge in [-0.1, -0.05) is 31.0 Å². The van der Waals surface area contributed by atoms with E-state index in [0.717, 1.165) is 18.5 Å². The summed E-state index contributed by atoms with van der Waals surface area (Å²) in [6, 6.07) is 5.35. The molecule has 2 rings (SSSR count). The molecule has 3 heteroatoms. The average Bonchev–Trinajstić information content (AvgIpc) is 2.70. The zero-order chi connectivity index (χ0) is 10.8. The summed E-state index contributed by atoms with van der Waals surface area (Å²) in [5, 5.41) is 3.66. The molecule has 0 amide bonds. The van der Waals surface area contributed by atoms with Gasteiger partial charge in [-0.3, -0.25) is 0 Å². The van der Waals surface area contributed by atoms with E-state index in [-0.39, 0.29) is 10.8 Å². The zero-order valence-electron chi connectivity index (χ0n) is 8.76. The molecule has 0 aliphatic carbocycles. The van der Waals surface area contributed by atoms with Crippen LogP contribution in [0.1, 0.15) is 31.4 Å². The van der Waals surface area contributed by atoms with Crippen molar-refractivity contribution in [2.45, 2.75) is 25.8 Å².